The van der Waals surface area contributed by atoms with E-state index in [9.17, 15) is 9.59 Å². The van der Waals surface area contributed by atoms with E-state index in [1.807, 2.05) is 6.92 Å². The first kappa shape index (κ1) is 21.0. The SMILES string of the molecule is COc1cc(OC)c(OC)cc1CNC(=O)COc1ccc2c(C)cc(=O)oc2c1. The fourth-order valence-electron chi connectivity index (χ4n) is 3.02. The van der Waals surface area contributed by atoms with Crippen molar-refractivity contribution in [3.05, 3.63) is 57.9 Å². The third-order valence-electron chi connectivity index (χ3n) is 4.56. The maximum absolute atomic E-state index is 12.2. The molecule has 3 aromatic rings. The minimum absolute atomic E-state index is 0.197. The Bertz CT molecular complexity index is 1120. The first-order valence-corrected chi connectivity index (χ1v) is 9.18. The molecule has 1 aromatic heterocycles. The van der Waals surface area contributed by atoms with Gasteiger partial charge in [-0.05, 0) is 30.7 Å². The molecule has 0 aliphatic rings. The number of methoxy groups -OCH3 is 3. The Kier molecular flexibility index (Phi) is 6.46. The van der Waals surface area contributed by atoms with Crippen molar-refractivity contribution in [2.45, 2.75) is 13.5 Å². The molecule has 3 rings (SSSR count). The quantitative estimate of drug-likeness (QED) is 0.567. The van der Waals surface area contributed by atoms with E-state index in [1.165, 1.54) is 27.4 Å². The fourth-order valence-corrected chi connectivity index (χ4v) is 3.02. The van der Waals surface area contributed by atoms with E-state index in [-0.39, 0.29) is 19.1 Å². The minimum atomic E-state index is -0.432. The van der Waals surface area contributed by atoms with Crippen LogP contribution >= 0.6 is 0 Å². The van der Waals surface area contributed by atoms with Gasteiger partial charge in [0, 0.05) is 35.7 Å². The molecule has 158 valence electrons. The predicted molar refractivity (Wildman–Crippen MR) is 111 cm³/mol. The number of hydrogen-bond donors (Lipinski definition) is 1. The molecule has 8 heteroatoms. The maximum Gasteiger partial charge on any atom is 0.336 e. The van der Waals surface area contributed by atoms with E-state index in [1.54, 1.807) is 30.3 Å². The van der Waals surface area contributed by atoms with E-state index in [0.29, 0.717) is 28.6 Å². The Balaban J connectivity index is 1.64. The Labute approximate surface area is 173 Å². The fraction of sp³-hybridized carbons (Fsp3) is 0.273. The average Bonchev–Trinajstić information content (AvgIpc) is 2.75. The maximum atomic E-state index is 12.2. The zero-order valence-corrected chi connectivity index (χ0v) is 17.2. The lowest BCUT2D eigenvalue weighted by atomic mass is 10.1. The van der Waals surface area contributed by atoms with Crippen LogP contribution in [0.5, 0.6) is 23.0 Å². The number of rotatable bonds is 8. The average molecular weight is 413 g/mol. The van der Waals surface area contributed by atoms with Crippen LogP contribution in [0.1, 0.15) is 11.1 Å². The van der Waals surface area contributed by atoms with Crippen molar-refractivity contribution >= 4 is 16.9 Å². The number of carbonyl (C=O) groups is 1. The van der Waals surface area contributed by atoms with E-state index < -0.39 is 5.63 Å². The molecule has 0 aliphatic heterocycles. The van der Waals surface area contributed by atoms with Gasteiger partial charge in [-0.25, -0.2) is 4.79 Å². The van der Waals surface area contributed by atoms with Crippen LogP contribution in [0, 0.1) is 6.92 Å². The summed E-state index contributed by atoms with van der Waals surface area (Å²) in [5.74, 6) is 1.74. The van der Waals surface area contributed by atoms with Crippen LogP contribution in [0.15, 0.2) is 45.6 Å². The van der Waals surface area contributed by atoms with E-state index in [0.717, 1.165) is 16.5 Å². The lowest BCUT2D eigenvalue weighted by Gasteiger charge is -2.14. The lowest BCUT2D eigenvalue weighted by molar-refractivity contribution is -0.123. The number of nitrogens with one attached hydrogen (secondary N) is 1. The third-order valence-corrected chi connectivity index (χ3v) is 4.56. The van der Waals surface area contributed by atoms with Crippen molar-refractivity contribution in [3.63, 3.8) is 0 Å². The molecule has 0 saturated heterocycles. The topological polar surface area (TPSA) is 96.2 Å². The van der Waals surface area contributed by atoms with Gasteiger partial charge in [-0.3, -0.25) is 4.79 Å². The molecule has 0 spiro atoms. The number of aryl methyl sites for hydroxylation is 1. The van der Waals surface area contributed by atoms with Crippen molar-refractivity contribution < 1.29 is 28.2 Å². The molecule has 1 amide bonds. The van der Waals surface area contributed by atoms with Gasteiger partial charge in [-0.1, -0.05) is 0 Å². The Morgan fingerprint density at radius 1 is 0.967 bits per heavy atom. The number of carbonyl (C=O) groups excluding carboxylic acids is 1. The molecular formula is C22H23NO7. The summed E-state index contributed by atoms with van der Waals surface area (Å²) in [7, 11) is 4.61. The van der Waals surface area contributed by atoms with Gasteiger partial charge in [-0.15, -0.1) is 0 Å². The van der Waals surface area contributed by atoms with Crippen LogP contribution in [0.4, 0.5) is 0 Å². The molecule has 0 fully saturated rings. The number of ether oxygens (including phenoxy) is 4. The van der Waals surface area contributed by atoms with Crippen LogP contribution < -0.4 is 29.9 Å². The number of benzene rings is 2. The molecule has 0 saturated carbocycles. The largest absolute Gasteiger partial charge is 0.496 e. The Morgan fingerprint density at radius 2 is 1.67 bits per heavy atom. The van der Waals surface area contributed by atoms with Gasteiger partial charge in [0.2, 0.25) is 0 Å². The van der Waals surface area contributed by atoms with Gasteiger partial charge in [0.15, 0.2) is 18.1 Å². The van der Waals surface area contributed by atoms with Gasteiger partial charge in [0.05, 0.1) is 21.3 Å². The predicted octanol–water partition coefficient (Wildman–Crippen LogP) is 2.82. The molecule has 0 radical (unpaired) electrons. The highest BCUT2D eigenvalue weighted by Crippen LogP contribution is 2.34. The van der Waals surface area contributed by atoms with Gasteiger partial charge in [0.1, 0.15) is 17.1 Å². The summed E-state index contributed by atoms with van der Waals surface area (Å²) >= 11 is 0. The summed E-state index contributed by atoms with van der Waals surface area (Å²) in [4.78, 5) is 23.8. The lowest BCUT2D eigenvalue weighted by Crippen LogP contribution is -2.28. The number of amides is 1. The van der Waals surface area contributed by atoms with Crippen LogP contribution in [0.25, 0.3) is 11.0 Å². The summed E-state index contributed by atoms with van der Waals surface area (Å²) < 4.78 is 26.6. The highest BCUT2D eigenvalue weighted by atomic mass is 16.5. The molecule has 30 heavy (non-hydrogen) atoms. The van der Waals surface area contributed by atoms with Crippen molar-refractivity contribution in [1.29, 1.82) is 0 Å². The molecular weight excluding hydrogens is 390 g/mol. The first-order chi connectivity index (χ1) is 14.4. The smallest absolute Gasteiger partial charge is 0.336 e. The standard InChI is InChI=1S/C22H23NO7/c1-13-7-22(25)30-18-9-15(5-6-16(13)18)29-12-21(24)23-11-14-8-19(27-3)20(28-4)10-17(14)26-2/h5-10H,11-12H2,1-4H3,(H,23,24). The van der Waals surface area contributed by atoms with E-state index in [4.69, 9.17) is 23.4 Å². The first-order valence-electron chi connectivity index (χ1n) is 9.18. The van der Waals surface area contributed by atoms with Gasteiger partial charge in [0.25, 0.3) is 5.91 Å². The summed E-state index contributed by atoms with van der Waals surface area (Å²) in [5, 5.41) is 3.59. The summed E-state index contributed by atoms with van der Waals surface area (Å²) in [6.45, 7) is 1.85. The molecule has 0 atom stereocenters. The number of fused-ring (bicyclic) bond motifs is 1. The van der Waals surface area contributed by atoms with Crippen LogP contribution in [0.3, 0.4) is 0 Å². The Hall–Kier alpha value is -3.68. The minimum Gasteiger partial charge on any atom is -0.496 e. The molecule has 0 unspecified atom stereocenters. The molecule has 1 heterocycles. The molecule has 1 N–H and O–H groups in total. The molecule has 8 nitrogen and oxygen atoms in total. The van der Waals surface area contributed by atoms with Gasteiger partial charge < -0.3 is 28.7 Å². The van der Waals surface area contributed by atoms with Gasteiger partial charge >= 0.3 is 5.63 Å². The second kappa shape index (κ2) is 9.21. The van der Waals surface area contributed by atoms with Crippen LogP contribution in [0.2, 0.25) is 0 Å². The molecule has 2 aromatic carbocycles. The monoisotopic (exact) mass is 413 g/mol. The van der Waals surface area contributed by atoms with Crippen LogP contribution in [-0.4, -0.2) is 33.8 Å². The summed E-state index contributed by atoms with van der Waals surface area (Å²) in [6, 6.07) is 9.97. The molecule has 0 aliphatic carbocycles. The van der Waals surface area contributed by atoms with Crippen molar-refractivity contribution in [3.8, 4) is 23.0 Å². The van der Waals surface area contributed by atoms with Gasteiger partial charge in [-0.2, -0.15) is 0 Å². The zero-order chi connectivity index (χ0) is 21.7. The third kappa shape index (κ3) is 4.65. The van der Waals surface area contributed by atoms with Crippen molar-refractivity contribution in [1.82, 2.24) is 5.32 Å². The second-order valence-corrected chi connectivity index (χ2v) is 6.49. The summed E-state index contributed by atoms with van der Waals surface area (Å²) in [6.07, 6.45) is 0. The normalized spacial score (nSPS) is 10.5. The van der Waals surface area contributed by atoms with E-state index >= 15 is 0 Å². The summed E-state index contributed by atoms with van der Waals surface area (Å²) in [5.41, 5.74) is 1.52. The zero-order valence-electron chi connectivity index (χ0n) is 17.2. The van der Waals surface area contributed by atoms with Crippen molar-refractivity contribution in [2.75, 3.05) is 27.9 Å². The molecule has 0 bridgehead atoms. The van der Waals surface area contributed by atoms with E-state index in [2.05, 4.69) is 5.32 Å². The van der Waals surface area contributed by atoms with Crippen molar-refractivity contribution in [2.24, 2.45) is 0 Å². The van der Waals surface area contributed by atoms with Crippen LogP contribution in [-0.2, 0) is 11.3 Å². The Morgan fingerprint density at radius 3 is 2.37 bits per heavy atom. The highest BCUT2D eigenvalue weighted by molar-refractivity contribution is 5.81. The second-order valence-electron chi connectivity index (χ2n) is 6.49. The highest BCUT2D eigenvalue weighted by Gasteiger charge is 2.13. The number of hydrogen-bond acceptors (Lipinski definition) is 7.